The summed E-state index contributed by atoms with van der Waals surface area (Å²) in [5.74, 6) is -0.317. The molecule has 0 spiro atoms. The fraction of sp³-hybridized carbons (Fsp3) is 0.478. The number of aryl methyl sites for hydroxylation is 1. The number of rotatable bonds is 12. The summed E-state index contributed by atoms with van der Waals surface area (Å²) in [7, 11) is 0. The molecule has 0 saturated heterocycles. The van der Waals surface area contributed by atoms with Gasteiger partial charge < -0.3 is 14.5 Å². The van der Waals surface area contributed by atoms with Gasteiger partial charge in [-0.25, -0.2) is 0 Å². The van der Waals surface area contributed by atoms with Crippen LogP contribution in [0.3, 0.4) is 0 Å². The van der Waals surface area contributed by atoms with Gasteiger partial charge in [-0.2, -0.15) is 0 Å². The maximum atomic E-state index is 13.3. The van der Waals surface area contributed by atoms with Crippen molar-refractivity contribution in [3.8, 4) is 0 Å². The Balaban J connectivity index is 2.14. The van der Waals surface area contributed by atoms with Crippen molar-refractivity contribution in [2.75, 3.05) is 26.3 Å². The molecule has 0 aliphatic rings. The van der Waals surface area contributed by atoms with Crippen LogP contribution in [-0.4, -0.2) is 53.3 Å². The molecule has 1 aromatic heterocycles. The summed E-state index contributed by atoms with van der Waals surface area (Å²) in [6.45, 7) is 8.27. The molecule has 5 nitrogen and oxygen atoms in total. The lowest BCUT2D eigenvalue weighted by atomic mass is 10.2. The number of carbonyl (C=O) groups excluding carboxylic acids is 2. The van der Waals surface area contributed by atoms with E-state index in [0.717, 1.165) is 10.4 Å². The SMILES string of the molecule is CCOCCCN(CC(=O)N(Cc1ccccc1)Cc1sccc1C)C(=O)C(C)Cl. The van der Waals surface area contributed by atoms with Crippen LogP contribution in [-0.2, 0) is 27.4 Å². The average molecular weight is 451 g/mol. The van der Waals surface area contributed by atoms with Gasteiger partial charge in [-0.15, -0.1) is 22.9 Å². The first-order valence-electron chi connectivity index (χ1n) is 10.3. The summed E-state index contributed by atoms with van der Waals surface area (Å²) >= 11 is 7.69. The quantitative estimate of drug-likeness (QED) is 0.354. The Morgan fingerprint density at radius 1 is 1.13 bits per heavy atom. The van der Waals surface area contributed by atoms with E-state index >= 15 is 0 Å². The van der Waals surface area contributed by atoms with E-state index in [-0.39, 0.29) is 18.4 Å². The van der Waals surface area contributed by atoms with Crippen molar-refractivity contribution in [2.45, 2.75) is 45.7 Å². The maximum Gasteiger partial charge on any atom is 0.242 e. The van der Waals surface area contributed by atoms with Crippen molar-refractivity contribution >= 4 is 34.8 Å². The van der Waals surface area contributed by atoms with Gasteiger partial charge in [-0.1, -0.05) is 30.3 Å². The predicted molar refractivity (Wildman–Crippen MR) is 123 cm³/mol. The standard InChI is InChI=1S/C23H31ClN2O3S/c1-4-29-13-8-12-25(23(28)19(3)24)17-22(27)26(15-20-9-6-5-7-10-20)16-21-18(2)11-14-30-21/h5-7,9-11,14,19H,4,8,12-13,15-17H2,1-3H3. The molecule has 2 amide bonds. The Kier molecular flexibility index (Phi) is 10.3. The van der Waals surface area contributed by atoms with Crippen LogP contribution in [0.15, 0.2) is 41.8 Å². The fourth-order valence-corrected chi connectivity index (χ4v) is 4.12. The number of halogens is 1. The summed E-state index contributed by atoms with van der Waals surface area (Å²) in [4.78, 5) is 30.4. The molecular formula is C23H31ClN2O3S. The third-order valence-corrected chi connectivity index (χ3v) is 5.96. The highest BCUT2D eigenvalue weighted by atomic mass is 35.5. The molecule has 0 aliphatic heterocycles. The Labute approximate surface area is 188 Å². The summed E-state index contributed by atoms with van der Waals surface area (Å²) in [6, 6.07) is 12.0. The van der Waals surface area contributed by atoms with Crippen LogP contribution in [0, 0.1) is 6.92 Å². The number of thiophene rings is 1. The molecule has 0 aliphatic carbocycles. The molecule has 1 atom stereocenters. The number of nitrogens with zero attached hydrogens (tertiary/aromatic N) is 2. The van der Waals surface area contributed by atoms with E-state index in [0.29, 0.717) is 39.3 Å². The zero-order chi connectivity index (χ0) is 21.9. The lowest BCUT2D eigenvalue weighted by Gasteiger charge is -2.28. The third kappa shape index (κ3) is 7.74. The van der Waals surface area contributed by atoms with Gasteiger partial charge in [0, 0.05) is 31.2 Å². The summed E-state index contributed by atoms with van der Waals surface area (Å²) in [6.07, 6.45) is 0.666. The van der Waals surface area contributed by atoms with Crippen molar-refractivity contribution in [3.05, 3.63) is 57.8 Å². The molecule has 0 radical (unpaired) electrons. The second kappa shape index (κ2) is 12.7. The van der Waals surface area contributed by atoms with Crippen molar-refractivity contribution in [2.24, 2.45) is 0 Å². The van der Waals surface area contributed by atoms with Crippen LogP contribution < -0.4 is 0 Å². The molecule has 0 saturated carbocycles. The van der Waals surface area contributed by atoms with Gasteiger partial charge in [0.15, 0.2) is 0 Å². The van der Waals surface area contributed by atoms with E-state index in [9.17, 15) is 9.59 Å². The second-order valence-corrected chi connectivity index (χ2v) is 8.84. The van der Waals surface area contributed by atoms with Gasteiger partial charge in [0.2, 0.25) is 11.8 Å². The largest absolute Gasteiger partial charge is 0.382 e. The highest BCUT2D eigenvalue weighted by molar-refractivity contribution is 7.10. The number of carbonyl (C=O) groups is 2. The normalized spacial score (nSPS) is 11.9. The molecule has 7 heteroatoms. The van der Waals surface area contributed by atoms with Crippen LogP contribution in [0.25, 0.3) is 0 Å². The highest BCUT2D eigenvalue weighted by Gasteiger charge is 2.24. The Hall–Kier alpha value is -1.89. The Bertz CT molecular complexity index is 795. The number of amides is 2. The molecule has 2 rings (SSSR count). The molecule has 0 N–H and O–H groups in total. The van der Waals surface area contributed by atoms with Crippen LogP contribution >= 0.6 is 22.9 Å². The van der Waals surface area contributed by atoms with Crippen molar-refractivity contribution in [1.82, 2.24) is 9.80 Å². The number of ether oxygens (including phenoxy) is 1. The van der Waals surface area contributed by atoms with Gasteiger partial charge in [0.25, 0.3) is 0 Å². The van der Waals surface area contributed by atoms with E-state index in [1.807, 2.05) is 47.5 Å². The minimum absolute atomic E-state index is 0.0132. The maximum absolute atomic E-state index is 13.3. The molecule has 1 unspecified atom stereocenters. The third-order valence-electron chi connectivity index (χ3n) is 4.77. The van der Waals surface area contributed by atoms with E-state index in [2.05, 4.69) is 13.0 Å². The van der Waals surface area contributed by atoms with Gasteiger partial charge in [-0.05, 0) is 49.8 Å². The molecule has 0 bridgehead atoms. The first kappa shape index (κ1) is 24.4. The summed E-state index contributed by atoms with van der Waals surface area (Å²) in [5, 5.41) is 1.36. The lowest BCUT2D eigenvalue weighted by molar-refractivity contribution is -0.141. The van der Waals surface area contributed by atoms with Gasteiger partial charge in [0.05, 0.1) is 13.1 Å². The van der Waals surface area contributed by atoms with E-state index < -0.39 is 5.38 Å². The zero-order valence-electron chi connectivity index (χ0n) is 18.0. The summed E-state index contributed by atoms with van der Waals surface area (Å²) in [5.41, 5.74) is 2.23. The van der Waals surface area contributed by atoms with Crippen LogP contribution in [0.1, 0.15) is 36.3 Å². The molecule has 164 valence electrons. The van der Waals surface area contributed by atoms with Gasteiger partial charge in [0.1, 0.15) is 5.38 Å². The molecule has 1 aromatic carbocycles. The Morgan fingerprint density at radius 3 is 2.47 bits per heavy atom. The van der Waals surface area contributed by atoms with E-state index in [4.69, 9.17) is 16.3 Å². The molecule has 0 fully saturated rings. The van der Waals surface area contributed by atoms with Gasteiger partial charge in [-0.3, -0.25) is 9.59 Å². The lowest BCUT2D eigenvalue weighted by Crippen LogP contribution is -2.45. The smallest absolute Gasteiger partial charge is 0.242 e. The molecule has 30 heavy (non-hydrogen) atoms. The number of hydrogen-bond donors (Lipinski definition) is 0. The summed E-state index contributed by atoms with van der Waals surface area (Å²) < 4.78 is 5.37. The van der Waals surface area contributed by atoms with Crippen LogP contribution in [0.5, 0.6) is 0 Å². The van der Waals surface area contributed by atoms with Crippen molar-refractivity contribution in [1.29, 1.82) is 0 Å². The zero-order valence-corrected chi connectivity index (χ0v) is 19.5. The predicted octanol–water partition coefficient (Wildman–Crippen LogP) is 4.47. The minimum atomic E-state index is -0.674. The monoisotopic (exact) mass is 450 g/mol. The van der Waals surface area contributed by atoms with E-state index in [1.165, 1.54) is 5.56 Å². The second-order valence-electron chi connectivity index (χ2n) is 7.19. The van der Waals surface area contributed by atoms with Gasteiger partial charge >= 0.3 is 0 Å². The van der Waals surface area contributed by atoms with Crippen LogP contribution in [0.4, 0.5) is 0 Å². The first-order chi connectivity index (χ1) is 14.4. The number of benzene rings is 1. The fourth-order valence-electron chi connectivity index (χ4n) is 3.06. The molecule has 2 aromatic rings. The number of alkyl halides is 1. The van der Waals surface area contributed by atoms with Crippen molar-refractivity contribution < 1.29 is 14.3 Å². The average Bonchev–Trinajstić information content (AvgIpc) is 3.14. The first-order valence-corrected chi connectivity index (χ1v) is 11.6. The number of hydrogen-bond acceptors (Lipinski definition) is 4. The Morgan fingerprint density at radius 2 is 1.87 bits per heavy atom. The molecular weight excluding hydrogens is 420 g/mol. The van der Waals surface area contributed by atoms with Crippen molar-refractivity contribution in [3.63, 3.8) is 0 Å². The van der Waals surface area contributed by atoms with Crippen LogP contribution in [0.2, 0.25) is 0 Å². The molecule has 1 heterocycles. The highest BCUT2D eigenvalue weighted by Crippen LogP contribution is 2.20. The van der Waals surface area contributed by atoms with E-state index in [1.54, 1.807) is 23.2 Å². The topological polar surface area (TPSA) is 49.9 Å². The minimum Gasteiger partial charge on any atom is -0.382 e.